The molecule has 4 rings (SSSR count). The normalized spacial score (nSPS) is 16.0. The summed E-state index contributed by atoms with van der Waals surface area (Å²) in [6.45, 7) is 1.27. The van der Waals surface area contributed by atoms with Gasteiger partial charge in [0, 0.05) is 36.4 Å². The van der Waals surface area contributed by atoms with Gasteiger partial charge in [-0.1, -0.05) is 48.0 Å². The van der Waals surface area contributed by atoms with E-state index in [9.17, 15) is 14.4 Å². The van der Waals surface area contributed by atoms with Crippen LogP contribution in [0.25, 0.3) is 10.9 Å². The van der Waals surface area contributed by atoms with E-state index in [2.05, 4.69) is 10.6 Å². The Morgan fingerprint density at radius 3 is 2.68 bits per heavy atom. The molecule has 0 unspecified atom stereocenters. The highest BCUT2D eigenvalue weighted by Gasteiger charge is 2.38. The minimum Gasteiger partial charge on any atom is -0.354 e. The zero-order valence-corrected chi connectivity index (χ0v) is 17.6. The Bertz CT molecular complexity index is 1110. The van der Waals surface area contributed by atoms with Gasteiger partial charge in [-0.15, -0.1) is 0 Å². The molecule has 0 bridgehead atoms. The number of halogens is 1. The quantitative estimate of drug-likeness (QED) is 0.530. The highest BCUT2D eigenvalue weighted by Crippen LogP contribution is 2.20. The molecule has 1 saturated heterocycles. The van der Waals surface area contributed by atoms with Crippen molar-refractivity contribution in [3.8, 4) is 0 Å². The van der Waals surface area contributed by atoms with Crippen LogP contribution < -0.4 is 10.6 Å². The molecule has 1 fully saturated rings. The Balaban J connectivity index is 1.26. The van der Waals surface area contributed by atoms with Crippen molar-refractivity contribution in [2.75, 3.05) is 13.1 Å². The fourth-order valence-corrected chi connectivity index (χ4v) is 3.90. The summed E-state index contributed by atoms with van der Waals surface area (Å²) in [5, 5.41) is 7.16. The van der Waals surface area contributed by atoms with Crippen LogP contribution in [0, 0.1) is 0 Å². The van der Waals surface area contributed by atoms with Crippen LogP contribution in [0.1, 0.15) is 12.0 Å². The number of amides is 4. The third-order valence-electron chi connectivity index (χ3n) is 5.37. The van der Waals surface area contributed by atoms with Crippen molar-refractivity contribution < 1.29 is 14.4 Å². The second kappa shape index (κ2) is 9.22. The fraction of sp³-hybridized carbons (Fsp3) is 0.261. The van der Waals surface area contributed by atoms with E-state index < -0.39 is 12.1 Å². The van der Waals surface area contributed by atoms with Crippen LogP contribution >= 0.6 is 11.6 Å². The van der Waals surface area contributed by atoms with Crippen molar-refractivity contribution in [1.82, 2.24) is 20.1 Å². The third kappa shape index (κ3) is 4.88. The maximum absolute atomic E-state index is 12.6. The average Bonchev–Trinajstić information content (AvgIpc) is 3.27. The van der Waals surface area contributed by atoms with E-state index in [1.807, 2.05) is 65.4 Å². The van der Waals surface area contributed by atoms with Gasteiger partial charge < -0.3 is 15.2 Å². The molecule has 1 aromatic heterocycles. The molecular formula is C23H23ClN4O3. The van der Waals surface area contributed by atoms with Gasteiger partial charge in [0.05, 0.1) is 6.42 Å². The van der Waals surface area contributed by atoms with E-state index in [4.69, 9.17) is 11.6 Å². The molecule has 8 heteroatoms. The Kier molecular flexibility index (Phi) is 6.23. The van der Waals surface area contributed by atoms with Gasteiger partial charge in [0.1, 0.15) is 6.04 Å². The number of hydrogen-bond acceptors (Lipinski definition) is 3. The number of benzene rings is 2. The van der Waals surface area contributed by atoms with Crippen molar-refractivity contribution >= 4 is 40.3 Å². The molecule has 2 N–H and O–H groups in total. The van der Waals surface area contributed by atoms with Crippen molar-refractivity contribution in [2.45, 2.75) is 25.4 Å². The lowest BCUT2D eigenvalue weighted by atomic mass is 10.1. The first-order chi connectivity index (χ1) is 15.0. The molecule has 0 aliphatic carbocycles. The Labute approximate surface area is 185 Å². The van der Waals surface area contributed by atoms with Crippen molar-refractivity contribution in [3.63, 3.8) is 0 Å². The van der Waals surface area contributed by atoms with Crippen LogP contribution in [-0.2, 0) is 22.6 Å². The van der Waals surface area contributed by atoms with Crippen LogP contribution in [0.4, 0.5) is 4.79 Å². The van der Waals surface area contributed by atoms with Crippen LogP contribution in [0.15, 0.2) is 60.8 Å². The largest absolute Gasteiger partial charge is 0.354 e. The minimum atomic E-state index is -0.825. The predicted octanol–water partition coefficient (Wildman–Crippen LogP) is 2.96. The Morgan fingerprint density at radius 2 is 1.87 bits per heavy atom. The zero-order valence-electron chi connectivity index (χ0n) is 16.9. The molecule has 2 aromatic carbocycles. The lowest BCUT2D eigenvalue weighted by molar-refractivity contribution is -0.130. The monoisotopic (exact) mass is 438 g/mol. The lowest BCUT2D eigenvalue weighted by Crippen LogP contribution is -2.37. The van der Waals surface area contributed by atoms with Crippen LogP contribution in [-0.4, -0.2) is 46.4 Å². The Hall–Kier alpha value is -3.32. The first-order valence-corrected chi connectivity index (χ1v) is 10.6. The SMILES string of the molecule is O=C(C[C@@H]1NC(=O)N(CCc2ccccc2)C1=O)NCCn1ccc2ccc(Cl)cc21. The molecule has 7 nitrogen and oxygen atoms in total. The maximum Gasteiger partial charge on any atom is 0.324 e. The summed E-state index contributed by atoms with van der Waals surface area (Å²) in [6.07, 6.45) is 2.44. The molecule has 2 heterocycles. The molecule has 0 spiro atoms. The highest BCUT2D eigenvalue weighted by molar-refractivity contribution is 6.31. The van der Waals surface area contributed by atoms with Gasteiger partial charge in [-0.25, -0.2) is 4.79 Å². The number of hydrogen-bond donors (Lipinski definition) is 2. The van der Waals surface area contributed by atoms with E-state index in [1.165, 1.54) is 4.90 Å². The summed E-state index contributed by atoms with van der Waals surface area (Å²) in [7, 11) is 0. The molecule has 1 aliphatic rings. The number of carbonyl (C=O) groups excluding carboxylic acids is 3. The molecule has 3 aromatic rings. The van der Waals surface area contributed by atoms with Crippen molar-refractivity contribution in [2.24, 2.45) is 0 Å². The maximum atomic E-state index is 12.6. The highest BCUT2D eigenvalue weighted by atomic mass is 35.5. The van der Waals surface area contributed by atoms with Crippen LogP contribution in [0.5, 0.6) is 0 Å². The fourth-order valence-electron chi connectivity index (χ4n) is 3.74. The van der Waals surface area contributed by atoms with Crippen LogP contribution in [0.2, 0.25) is 5.02 Å². The molecule has 4 amide bonds. The van der Waals surface area contributed by atoms with E-state index in [0.29, 0.717) is 24.5 Å². The summed E-state index contributed by atoms with van der Waals surface area (Å²) in [6, 6.07) is 16.0. The number of nitrogens with zero attached hydrogens (tertiary/aromatic N) is 2. The second-order valence-electron chi connectivity index (χ2n) is 7.49. The van der Waals surface area contributed by atoms with Gasteiger partial charge in [-0.05, 0) is 35.6 Å². The van der Waals surface area contributed by atoms with E-state index in [0.717, 1.165) is 16.5 Å². The number of carbonyl (C=O) groups is 3. The summed E-state index contributed by atoms with van der Waals surface area (Å²) < 4.78 is 2.01. The summed E-state index contributed by atoms with van der Waals surface area (Å²) in [5.41, 5.74) is 2.04. The second-order valence-corrected chi connectivity index (χ2v) is 7.93. The molecular weight excluding hydrogens is 416 g/mol. The number of imide groups is 1. The van der Waals surface area contributed by atoms with Crippen molar-refractivity contribution in [3.05, 3.63) is 71.4 Å². The first kappa shape index (κ1) is 20.9. The third-order valence-corrected chi connectivity index (χ3v) is 5.61. The van der Waals surface area contributed by atoms with Gasteiger partial charge in [0.25, 0.3) is 5.91 Å². The average molecular weight is 439 g/mol. The zero-order chi connectivity index (χ0) is 21.8. The van der Waals surface area contributed by atoms with Gasteiger partial charge >= 0.3 is 6.03 Å². The summed E-state index contributed by atoms with van der Waals surface area (Å²) in [5.74, 6) is -0.639. The molecule has 160 valence electrons. The van der Waals surface area contributed by atoms with Gasteiger partial charge in [-0.3, -0.25) is 14.5 Å². The van der Waals surface area contributed by atoms with E-state index in [-0.39, 0.29) is 24.8 Å². The summed E-state index contributed by atoms with van der Waals surface area (Å²) in [4.78, 5) is 38.2. The molecule has 31 heavy (non-hydrogen) atoms. The van der Waals surface area contributed by atoms with Crippen molar-refractivity contribution in [1.29, 1.82) is 0 Å². The molecule has 0 radical (unpaired) electrons. The van der Waals surface area contributed by atoms with Gasteiger partial charge in [0.2, 0.25) is 5.91 Å². The lowest BCUT2D eigenvalue weighted by Gasteiger charge is -2.13. The minimum absolute atomic E-state index is 0.0787. The molecule has 1 atom stereocenters. The Morgan fingerprint density at radius 1 is 1.06 bits per heavy atom. The number of aromatic nitrogens is 1. The molecule has 0 saturated carbocycles. The number of fused-ring (bicyclic) bond motifs is 1. The van der Waals surface area contributed by atoms with Crippen LogP contribution in [0.3, 0.4) is 0 Å². The van der Waals surface area contributed by atoms with Gasteiger partial charge in [-0.2, -0.15) is 0 Å². The first-order valence-electron chi connectivity index (χ1n) is 10.2. The number of rotatable bonds is 8. The number of nitrogens with one attached hydrogen (secondary N) is 2. The predicted molar refractivity (Wildman–Crippen MR) is 119 cm³/mol. The topological polar surface area (TPSA) is 83.4 Å². The standard InChI is InChI=1S/C23H23ClN4O3/c24-18-7-6-17-9-11-27(20(17)14-18)13-10-25-21(29)15-19-22(30)28(23(31)26-19)12-8-16-4-2-1-3-5-16/h1-7,9,11,14,19H,8,10,12-13,15H2,(H,25,29)(H,26,31)/t19-/m0/s1. The molecule has 1 aliphatic heterocycles. The van der Waals surface area contributed by atoms with E-state index in [1.54, 1.807) is 0 Å². The number of urea groups is 1. The van der Waals surface area contributed by atoms with Gasteiger partial charge in [0.15, 0.2) is 0 Å². The summed E-state index contributed by atoms with van der Waals surface area (Å²) >= 11 is 6.07. The smallest absolute Gasteiger partial charge is 0.324 e. The van der Waals surface area contributed by atoms with E-state index >= 15 is 0 Å².